The molecule has 1 atom stereocenters. The number of tetrazole rings is 1. The van der Waals surface area contributed by atoms with Gasteiger partial charge in [0.15, 0.2) is 6.04 Å². The first kappa shape index (κ1) is 20.1. The van der Waals surface area contributed by atoms with Crippen LogP contribution in [0.1, 0.15) is 19.4 Å². The van der Waals surface area contributed by atoms with Gasteiger partial charge in [-0.1, -0.05) is 6.92 Å². The summed E-state index contributed by atoms with van der Waals surface area (Å²) in [6.07, 6.45) is 3.34. The molecule has 1 aliphatic heterocycles. The Kier molecular flexibility index (Phi) is 5.57. The highest BCUT2D eigenvalue weighted by Crippen LogP contribution is 2.29. The fourth-order valence-corrected chi connectivity index (χ4v) is 3.28. The van der Waals surface area contributed by atoms with Gasteiger partial charge in [0.1, 0.15) is 29.2 Å². The van der Waals surface area contributed by atoms with Crippen LogP contribution in [0.15, 0.2) is 35.1 Å². The molecule has 0 radical (unpaired) electrons. The Morgan fingerprint density at radius 1 is 1.37 bits per heavy atom. The largest absolute Gasteiger partial charge is 0.485 e. The molecule has 1 aromatic carbocycles. The average Bonchev–Trinajstić information content (AvgIpc) is 3.17. The molecule has 156 valence electrons. The maximum absolute atomic E-state index is 13.4. The molecule has 3 heterocycles. The van der Waals surface area contributed by atoms with Crippen molar-refractivity contribution >= 4 is 27.7 Å². The van der Waals surface area contributed by atoms with E-state index in [0.29, 0.717) is 41.2 Å². The molecule has 0 bridgehead atoms. The molecule has 1 fully saturated rings. The Morgan fingerprint density at radius 2 is 2.17 bits per heavy atom. The van der Waals surface area contributed by atoms with E-state index in [9.17, 15) is 14.3 Å². The predicted molar refractivity (Wildman–Crippen MR) is 107 cm³/mol. The molecule has 1 unspecified atom stereocenters. The van der Waals surface area contributed by atoms with Crippen molar-refractivity contribution in [2.24, 2.45) is 0 Å². The van der Waals surface area contributed by atoms with E-state index >= 15 is 0 Å². The summed E-state index contributed by atoms with van der Waals surface area (Å²) in [6.45, 7) is 2.90. The van der Waals surface area contributed by atoms with Gasteiger partial charge >= 0.3 is 5.97 Å². The maximum atomic E-state index is 13.4. The summed E-state index contributed by atoms with van der Waals surface area (Å²) in [5.74, 6) is -0.0644. The number of hydrogen-bond donors (Lipinski definition) is 1. The minimum atomic E-state index is -1.03. The quantitative estimate of drug-likeness (QED) is 0.546. The van der Waals surface area contributed by atoms with Crippen molar-refractivity contribution < 1.29 is 19.0 Å². The lowest BCUT2D eigenvalue weighted by Crippen LogP contribution is -2.54. The highest BCUT2D eigenvalue weighted by Gasteiger charge is 2.30. The Bertz CT molecular complexity index is 1060. The number of hydrogen-bond acceptors (Lipinski definition) is 8. The smallest absolute Gasteiger partial charge is 0.330 e. The molecule has 3 aromatic rings. The molecule has 0 aliphatic carbocycles. The number of benzene rings is 1. The van der Waals surface area contributed by atoms with Gasteiger partial charge in [-0.2, -0.15) is 0 Å². The van der Waals surface area contributed by atoms with E-state index in [1.807, 2.05) is 4.90 Å². The second kappa shape index (κ2) is 8.30. The van der Waals surface area contributed by atoms with Gasteiger partial charge in [0.2, 0.25) is 5.82 Å². The van der Waals surface area contributed by atoms with E-state index in [1.165, 1.54) is 18.3 Å². The monoisotopic (exact) mass is 477 g/mol. The van der Waals surface area contributed by atoms with Crippen LogP contribution in [0.2, 0.25) is 0 Å². The minimum absolute atomic E-state index is 0.0897. The zero-order valence-corrected chi connectivity index (χ0v) is 17.4. The van der Waals surface area contributed by atoms with E-state index < -0.39 is 12.0 Å². The summed E-state index contributed by atoms with van der Waals surface area (Å²) in [6, 6.07) is 3.43. The molecule has 0 amide bonds. The predicted octanol–water partition coefficient (Wildman–Crippen LogP) is 2.33. The molecule has 12 heteroatoms. The van der Waals surface area contributed by atoms with Crippen molar-refractivity contribution in [3.8, 4) is 17.3 Å². The molecular weight excluding hydrogens is 461 g/mol. The second-order valence-corrected chi connectivity index (χ2v) is 7.53. The van der Waals surface area contributed by atoms with Crippen molar-refractivity contribution in [3.63, 3.8) is 0 Å². The van der Waals surface area contributed by atoms with Crippen LogP contribution in [0.4, 0.5) is 10.2 Å². The summed E-state index contributed by atoms with van der Waals surface area (Å²) >= 11 is 3.35. The molecule has 2 aromatic heterocycles. The van der Waals surface area contributed by atoms with Gasteiger partial charge in [0.05, 0.1) is 30.0 Å². The highest BCUT2D eigenvalue weighted by molar-refractivity contribution is 9.10. The van der Waals surface area contributed by atoms with Crippen molar-refractivity contribution in [1.29, 1.82) is 0 Å². The van der Waals surface area contributed by atoms with Crippen molar-refractivity contribution in [3.05, 3.63) is 40.9 Å². The lowest BCUT2D eigenvalue weighted by Gasteiger charge is -2.39. The number of carbonyl (C=O) groups is 1. The Morgan fingerprint density at radius 3 is 2.83 bits per heavy atom. The van der Waals surface area contributed by atoms with E-state index in [1.54, 1.807) is 19.2 Å². The number of anilines is 1. The summed E-state index contributed by atoms with van der Waals surface area (Å²) < 4.78 is 19.9. The number of ether oxygens (including phenoxy) is 1. The molecule has 30 heavy (non-hydrogen) atoms. The van der Waals surface area contributed by atoms with Crippen LogP contribution in [-0.4, -0.2) is 60.4 Å². The Labute approximate surface area is 178 Å². The van der Waals surface area contributed by atoms with Gasteiger partial charge in [-0.25, -0.2) is 19.2 Å². The van der Waals surface area contributed by atoms with E-state index in [4.69, 9.17) is 4.74 Å². The first-order valence-electron chi connectivity index (χ1n) is 9.16. The molecular formula is C18H17BrFN7O3. The number of carboxylic acids is 1. The number of rotatable bonds is 7. The lowest BCUT2D eigenvalue weighted by atomic mass is 10.1. The fourth-order valence-electron chi connectivity index (χ4n) is 2.94. The van der Waals surface area contributed by atoms with E-state index in [0.717, 1.165) is 4.80 Å². The molecule has 10 nitrogen and oxygen atoms in total. The molecule has 0 saturated carbocycles. The van der Waals surface area contributed by atoms with E-state index in [2.05, 4.69) is 41.3 Å². The van der Waals surface area contributed by atoms with Crippen LogP contribution in [0.3, 0.4) is 0 Å². The highest BCUT2D eigenvalue weighted by atomic mass is 79.9. The van der Waals surface area contributed by atoms with Crippen molar-refractivity contribution in [2.45, 2.75) is 25.5 Å². The molecule has 0 spiro atoms. The topological polar surface area (TPSA) is 119 Å². The fraction of sp³-hybridized carbons (Fsp3) is 0.333. The van der Waals surface area contributed by atoms with Gasteiger partial charge < -0.3 is 14.7 Å². The second-order valence-electron chi connectivity index (χ2n) is 6.68. The summed E-state index contributed by atoms with van der Waals surface area (Å²) in [4.78, 5) is 22.9. The zero-order chi connectivity index (χ0) is 21.3. The van der Waals surface area contributed by atoms with Crippen LogP contribution < -0.4 is 9.64 Å². The minimum Gasteiger partial charge on any atom is -0.485 e. The van der Waals surface area contributed by atoms with Crippen molar-refractivity contribution in [1.82, 2.24) is 30.2 Å². The van der Waals surface area contributed by atoms with Gasteiger partial charge in [-0.15, -0.1) is 15.0 Å². The first-order chi connectivity index (χ1) is 14.4. The SMILES string of the molecule is CCC(C(=O)O)n1nnc(-c2cnc(N3CC(Oc4cc(F)ccc4Br)C3)cn2)n1. The summed E-state index contributed by atoms with van der Waals surface area (Å²) in [7, 11) is 0. The van der Waals surface area contributed by atoms with Crippen LogP contribution in [0.5, 0.6) is 5.75 Å². The number of carboxylic acid groups (broad SMARTS) is 1. The normalized spacial score (nSPS) is 15.0. The summed E-state index contributed by atoms with van der Waals surface area (Å²) in [5, 5.41) is 21.0. The van der Waals surface area contributed by atoms with E-state index in [-0.39, 0.29) is 17.7 Å². The van der Waals surface area contributed by atoms with Gasteiger partial charge in [0.25, 0.3) is 0 Å². The standard InChI is InChI=1S/C18H17BrFN7O3/c1-2-14(18(28)29)27-24-17(23-25-27)13-6-22-16(7-21-13)26-8-11(9-26)30-15-5-10(20)3-4-12(15)19/h3-7,11,14H,2,8-9H2,1H3,(H,28,29). The molecule has 1 saturated heterocycles. The van der Waals surface area contributed by atoms with Crippen LogP contribution in [0.25, 0.3) is 11.5 Å². The van der Waals surface area contributed by atoms with Gasteiger partial charge in [-0.3, -0.25) is 0 Å². The Balaban J connectivity index is 1.38. The van der Waals surface area contributed by atoms with Crippen LogP contribution >= 0.6 is 15.9 Å². The zero-order valence-electron chi connectivity index (χ0n) is 15.8. The lowest BCUT2D eigenvalue weighted by molar-refractivity contribution is -0.141. The third-order valence-corrected chi connectivity index (χ3v) is 5.26. The number of aromatic nitrogens is 6. The average molecular weight is 478 g/mol. The van der Waals surface area contributed by atoms with Gasteiger partial charge in [-0.05, 0) is 39.7 Å². The number of nitrogens with zero attached hydrogens (tertiary/aromatic N) is 7. The van der Waals surface area contributed by atoms with Crippen LogP contribution in [-0.2, 0) is 4.79 Å². The van der Waals surface area contributed by atoms with Crippen LogP contribution in [0, 0.1) is 5.82 Å². The number of halogens is 2. The van der Waals surface area contributed by atoms with Gasteiger partial charge in [0, 0.05) is 6.07 Å². The maximum Gasteiger partial charge on any atom is 0.330 e. The molecule has 1 aliphatic rings. The van der Waals surface area contributed by atoms with Crippen molar-refractivity contribution in [2.75, 3.05) is 18.0 Å². The number of aliphatic carboxylic acids is 1. The third kappa shape index (κ3) is 4.08. The third-order valence-electron chi connectivity index (χ3n) is 4.61. The Hall–Kier alpha value is -3.15. The first-order valence-corrected chi connectivity index (χ1v) is 9.95. The molecule has 4 rings (SSSR count). The summed E-state index contributed by atoms with van der Waals surface area (Å²) in [5.41, 5.74) is 0.391. The molecule has 1 N–H and O–H groups in total.